The number of ether oxygens (including phenoxy) is 2. The fraction of sp³-hybridized carbons (Fsp3) is 1.00. The highest BCUT2D eigenvalue weighted by Crippen LogP contribution is 2.39. The van der Waals surface area contributed by atoms with Crippen molar-refractivity contribution in [3.05, 3.63) is 0 Å². The second kappa shape index (κ2) is 3.20. The summed E-state index contributed by atoms with van der Waals surface area (Å²) < 4.78 is 11.0. The van der Waals surface area contributed by atoms with Crippen molar-refractivity contribution in [2.75, 3.05) is 19.8 Å². The molecule has 1 aliphatic carbocycles. The van der Waals surface area contributed by atoms with Crippen molar-refractivity contribution in [2.24, 2.45) is 0 Å². The molecule has 0 bridgehead atoms. The Hall–Kier alpha value is -0.160. The number of rotatable bonds is 1. The lowest BCUT2D eigenvalue weighted by atomic mass is 9.82. The smallest absolute Gasteiger partial charge is 0.168 e. The van der Waals surface area contributed by atoms with Crippen LogP contribution in [0.2, 0.25) is 0 Å². The first-order valence-corrected chi connectivity index (χ1v) is 4.79. The average molecular weight is 188 g/mol. The molecule has 76 valence electrons. The quantitative estimate of drug-likeness (QED) is 0.609. The van der Waals surface area contributed by atoms with Crippen LogP contribution in [0.15, 0.2) is 0 Å². The minimum atomic E-state index is -0.902. The van der Waals surface area contributed by atoms with Gasteiger partial charge in [-0.25, -0.2) is 0 Å². The van der Waals surface area contributed by atoms with Crippen molar-refractivity contribution in [2.45, 2.75) is 37.1 Å². The molecule has 0 unspecified atom stereocenters. The van der Waals surface area contributed by atoms with Gasteiger partial charge in [-0.15, -0.1) is 0 Å². The lowest BCUT2D eigenvalue weighted by molar-refractivity contribution is -0.207. The number of hydrogen-bond acceptors (Lipinski definition) is 4. The Morgan fingerprint density at radius 1 is 1.00 bits per heavy atom. The van der Waals surface area contributed by atoms with Crippen LogP contribution >= 0.6 is 0 Å². The number of aliphatic hydroxyl groups is 2. The zero-order chi connectivity index (χ0) is 9.36. The molecule has 13 heavy (non-hydrogen) atoms. The predicted molar refractivity (Wildman–Crippen MR) is 45.1 cm³/mol. The zero-order valence-electron chi connectivity index (χ0n) is 7.66. The molecule has 0 radical (unpaired) electrons. The van der Waals surface area contributed by atoms with Crippen LogP contribution in [0.4, 0.5) is 0 Å². The molecule has 1 spiro atoms. The Bertz CT molecular complexity index is 176. The molecule has 2 N–H and O–H groups in total. The molecule has 1 heterocycles. The van der Waals surface area contributed by atoms with Crippen LogP contribution in [-0.2, 0) is 9.47 Å². The van der Waals surface area contributed by atoms with Crippen LogP contribution in [-0.4, -0.2) is 41.4 Å². The van der Waals surface area contributed by atoms with E-state index in [1.165, 1.54) is 0 Å². The zero-order valence-corrected chi connectivity index (χ0v) is 7.66. The first-order chi connectivity index (χ1) is 6.18. The van der Waals surface area contributed by atoms with Gasteiger partial charge in [0.2, 0.25) is 0 Å². The van der Waals surface area contributed by atoms with Crippen molar-refractivity contribution < 1.29 is 19.7 Å². The standard InChI is InChI=1S/C9H16O4/c10-7-8(11)1-3-9(4-2-8)12-5-6-13-9/h10-11H,1-7H2. The maximum absolute atomic E-state index is 9.76. The third kappa shape index (κ3) is 1.72. The van der Waals surface area contributed by atoms with Gasteiger partial charge in [-0.1, -0.05) is 0 Å². The van der Waals surface area contributed by atoms with Gasteiger partial charge in [0.15, 0.2) is 5.79 Å². The van der Waals surface area contributed by atoms with E-state index in [9.17, 15) is 5.11 Å². The topological polar surface area (TPSA) is 58.9 Å². The summed E-state index contributed by atoms with van der Waals surface area (Å²) in [7, 11) is 0. The summed E-state index contributed by atoms with van der Waals surface area (Å²) in [5, 5.41) is 18.7. The molecule has 0 aromatic heterocycles. The summed E-state index contributed by atoms with van der Waals surface area (Å²) in [5.41, 5.74) is -0.902. The Labute approximate surface area is 77.5 Å². The second-order valence-corrected chi connectivity index (χ2v) is 3.99. The van der Waals surface area contributed by atoms with Gasteiger partial charge in [-0.05, 0) is 12.8 Å². The van der Waals surface area contributed by atoms with E-state index in [1.807, 2.05) is 0 Å². The molecule has 0 aromatic carbocycles. The lowest BCUT2D eigenvalue weighted by Gasteiger charge is -2.39. The summed E-state index contributed by atoms with van der Waals surface area (Å²) >= 11 is 0. The second-order valence-electron chi connectivity index (χ2n) is 3.99. The molecule has 1 aliphatic heterocycles. The lowest BCUT2D eigenvalue weighted by Crippen LogP contribution is -2.45. The molecule has 2 rings (SSSR count). The number of hydrogen-bond donors (Lipinski definition) is 2. The Morgan fingerprint density at radius 3 is 2.00 bits per heavy atom. The summed E-state index contributed by atoms with van der Waals surface area (Å²) in [6, 6.07) is 0. The third-order valence-corrected chi connectivity index (χ3v) is 3.05. The van der Waals surface area contributed by atoms with E-state index in [2.05, 4.69) is 0 Å². The van der Waals surface area contributed by atoms with E-state index >= 15 is 0 Å². The van der Waals surface area contributed by atoms with Gasteiger partial charge in [-0.2, -0.15) is 0 Å². The molecular formula is C9H16O4. The van der Waals surface area contributed by atoms with Gasteiger partial charge in [0.25, 0.3) is 0 Å². The van der Waals surface area contributed by atoms with Crippen molar-refractivity contribution in [1.29, 1.82) is 0 Å². The number of aliphatic hydroxyl groups excluding tert-OH is 1. The molecule has 0 atom stereocenters. The average Bonchev–Trinajstić information content (AvgIpc) is 2.61. The fourth-order valence-corrected chi connectivity index (χ4v) is 2.04. The van der Waals surface area contributed by atoms with Gasteiger partial charge < -0.3 is 19.7 Å². The molecule has 1 saturated heterocycles. The van der Waals surface area contributed by atoms with Crippen LogP contribution in [0, 0.1) is 0 Å². The van der Waals surface area contributed by atoms with E-state index in [4.69, 9.17) is 14.6 Å². The van der Waals surface area contributed by atoms with Gasteiger partial charge in [0.05, 0.1) is 25.4 Å². The first-order valence-electron chi connectivity index (χ1n) is 4.79. The van der Waals surface area contributed by atoms with E-state index in [1.54, 1.807) is 0 Å². The normalized spacial score (nSPS) is 30.9. The predicted octanol–water partition coefficient (Wildman–Crippen LogP) is 0.0269. The SMILES string of the molecule is OCC1(O)CCC2(CC1)OCCO2. The molecule has 0 aromatic rings. The largest absolute Gasteiger partial charge is 0.393 e. The van der Waals surface area contributed by atoms with Crippen molar-refractivity contribution in [3.63, 3.8) is 0 Å². The van der Waals surface area contributed by atoms with E-state index in [0.29, 0.717) is 38.9 Å². The van der Waals surface area contributed by atoms with Gasteiger partial charge >= 0.3 is 0 Å². The van der Waals surface area contributed by atoms with Crippen LogP contribution in [0.1, 0.15) is 25.7 Å². The van der Waals surface area contributed by atoms with Gasteiger partial charge in [0, 0.05) is 12.8 Å². The highest BCUT2D eigenvalue weighted by molar-refractivity contribution is 4.90. The van der Waals surface area contributed by atoms with Crippen LogP contribution in [0.3, 0.4) is 0 Å². The minimum Gasteiger partial charge on any atom is -0.393 e. The summed E-state index contributed by atoms with van der Waals surface area (Å²) in [6.07, 6.45) is 2.49. The van der Waals surface area contributed by atoms with E-state index in [-0.39, 0.29) is 6.61 Å². The molecule has 2 aliphatic rings. The van der Waals surface area contributed by atoms with Crippen molar-refractivity contribution >= 4 is 0 Å². The first kappa shape index (κ1) is 9.40. The molecule has 1 saturated carbocycles. The Balaban J connectivity index is 1.95. The maximum Gasteiger partial charge on any atom is 0.168 e. The van der Waals surface area contributed by atoms with Crippen LogP contribution in [0.5, 0.6) is 0 Å². The minimum absolute atomic E-state index is 0.164. The summed E-state index contributed by atoms with van der Waals surface area (Å²) in [5.74, 6) is -0.443. The van der Waals surface area contributed by atoms with Gasteiger partial charge in [0.1, 0.15) is 0 Å². The third-order valence-electron chi connectivity index (χ3n) is 3.05. The van der Waals surface area contributed by atoms with E-state index < -0.39 is 11.4 Å². The van der Waals surface area contributed by atoms with Crippen LogP contribution < -0.4 is 0 Å². The monoisotopic (exact) mass is 188 g/mol. The highest BCUT2D eigenvalue weighted by Gasteiger charge is 2.45. The van der Waals surface area contributed by atoms with Crippen molar-refractivity contribution in [1.82, 2.24) is 0 Å². The fourth-order valence-electron chi connectivity index (χ4n) is 2.04. The summed E-state index contributed by atoms with van der Waals surface area (Å²) in [6.45, 7) is 1.14. The maximum atomic E-state index is 9.76. The van der Waals surface area contributed by atoms with Gasteiger partial charge in [-0.3, -0.25) is 0 Å². The van der Waals surface area contributed by atoms with E-state index in [0.717, 1.165) is 0 Å². The molecule has 0 amide bonds. The Kier molecular flexibility index (Phi) is 2.32. The molecule has 4 heteroatoms. The Morgan fingerprint density at radius 2 is 1.54 bits per heavy atom. The molecule has 4 nitrogen and oxygen atoms in total. The highest BCUT2D eigenvalue weighted by atomic mass is 16.7. The molecular weight excluding hydrogens is 172 g/mol. The summed E-state index contributed by atoms with van der Waals surface area (Å²) in [4.78, 5) is 0. The van der Waals surface area contributed by atoms with Crippen molar-refractivity contribution in [3.8, 4) is 0 Å². The van der Waals surface area contributed by atoms with Crippen LogP contribution in [0.25, 0.3) is 0 Å². The molecule has 2 fully saturated rings.